The third-order valence-corrected chi connectivity index (χ3v) is 2.46. The third kappa shape index (κ3) is 4.19. The maximum Gasteiger partial charge on any atom is 0.224 e. The summed E-state index contributed by atoms with van der Waals surface area (Å²) in [5.74, 6) is -0.841. The number of benzene rings is 1. The molecule has 0 heterocycles. The molecule has 0 amide bonds. The molecule has 0 radical (unpaired) electrons. The number of ketones is 2. The van der Waals surface area contributed by atoms with Crippen molar-refractivity contribution in [1.29, 1.82) is 0 Å². The minimum atomic E-state index is -0.425. The highest BCUT2D eigenvalue weighted by Gasteiger charge is 2.13. The molecular weight excluding hydrogens is 212 g/mol. The van der Waals surface area contributed by atoms with Crippen LogP contribution in [0.2, 0.25) is 0 Å². The zero-order chi connectivity index (χ0) is 12.7. The molecule has 0 saturated heterocycles. The summed E-state index contributed by atoms with van der Waals surface area (Å²) in [5.41, 5.74) is 1.68. The molecule has 0 aliphatic heterocycles. The first-order valence-electron chi connectivity index (χ1n) is 5.56. The van der Waals surface area contributed by atoms with E-state index in [9.17, 15) is 9.59 Å². The van der Waals surface area contributed by atoms with E-state index in [0.29, 0.717) is 12.0 Å². The molecule has 0 spiro atoms. The van der Waals surface area contributed by atoms with Gasteiger partial charge in [0.25, 0.3) is 0 Å². The first-order chi connectivity index (χ1) is 8.15. The van der Waals surface area contributed by atoms with Crippen molar-refractivity contribution in [3.63, 3.8) is 0 Å². The lowest BCUT2D eigenvalue weighted by Crippen LogP contribution is -2.13. The van der Waals surface area contributed by atoms with Crippen LogP contribution in [0.4, 0.5) is 0 Å². The van der Waals surface area contributed by atoms with Crippen LogP contribution in [-0.4, -0.2) is 11.6 Å². The van der Waals surface area contributed by atoms with Crippen LogP contribution in [0.25, 0.3) is 0 Å². The van der Waals surface area contributed by atoms with E-state index in [1.807, 2.05) is 30.3 Å². The Labute approximate surface area is 102 Å². The molecule has 0 bridgehead atoms. The fourth-order valence-electron chi connectivity index (χ4n) is 1.56. The Morgan fingerprint density at radius 3 is 2.41 bits per heavy atom. The third-order valence-electron chi connectivity index (χ3n) is 2.46. The Kier molecular flexibility index (Phi) is 5.08. The van der Waals surface area contributed by atoms with Gasteiger partial charge in [-0.3, -0.25) is 9.59 Å². The van der Waals surface area contributed by atoms with Gasteiger partial charge in [0.15, 0.2) is 5.78 Å². The molecule has 0 aliphatic carbocycles. The molecule has 0 saturated carbocycles. The van der Waals surface area contributed by atoms with Gasteiger partial charge in [-0.25, -0.2) is 0 Å². The summed E-state index contributed by atoms with van der Waals surface area (Å²) >= 11 is 0. The van der Waals surface area contributed by atoms with Crippen LogP contribution in [0.5, 0.6) is 0 Å². The molecule has 1 rings (SSSR count). The van der Waals surface area contributed by atoms with Crippen LogP contribution in [0.15, 0.2) is 54.6 Å². The molecule has 0 N–H and O–H groups in total. The highest BCUT2D eigenvalue weighted by Crippen LogP contribution is 2.10. The molecule has 0 unspecified atom stereocenters. The second-order valence-electron chi connectivity index (χ2n) is 3.80. The number of aryl methyl sites for hydroxylation is 1. The van der Waals surface area contributed by atoms with Crippen LogP contribution in [0.3, 0.4) is 0 Å². The largest absolute Gasteiger partial charge is 0.291 e. The number of carbonyl (C=O) groups excluding carboxylic acids is 2. The van der Waals surface area contributed by atoms with Crippen molar-refractivity contribution in [2.45, 2.75) is 19.8 Å². The normalized spacial score (nSPS) is 11.0. The van der Waals surface area contributed by atoms with Gasteiger partial charge in [-0.1, -0.05) is 49.1 Å². The lowest BCUT2D eigenvalue weighted by Gasteiger charge is -2.04. The summed E-state index contributed by atoms with van der Waals surface area (Å²) in [6, 6.07) is 9.87. The zero-order valence-corrected chi connectivity index (χ0v) is 9.98. The van der Waals surface area contributed by atoms with Gasteiger partial charge in [0.2, 0.25) is 5.78 Å². The number of hydrogen-bond acceptors (Lipinski definition) is 2. The summed E-state index contributed by atoms with van der Waals surface area (Å²) < 4.78 is 0. The fourth-order valence-corrected chi connectivity index (χ4v) is 1.56. The van der Waals surface area contributed by atoms with E-state index in [4.69, 9.17) is 0 Å². The smallest absolute Gasteiger partial charge is 0.224 e. The summed E-state index contributed by atoms with van der Waals surface area (Å²) in [6.07, 6.45) is 4.47. The molecule has 0 atom stereocenters. The van der Waals surface area contributed by atoms with Crippen LogP contribution in [-0.2, 0) is 16.0 Å². The van der Waals surface area contributed by atoms with Gasteiger partial charge < -0.3 is 0 Å². The van der Waals surface area contributed by atoms with E-state index in [1.54, 1.807) is 12.2 Å². The standard InChI is InChI=1S/C15H16O2/c1-3-7-14(15(17)12(2)16)11-10-13-8-5-4-6-9-13/h3-9H,1,10-11H2,2H3/b14-7-. The quantitative estimate of drug-likeness (QED) is 0.426. The molecule has 17 heavy (non-hydrogen) atoms. The van der Waals surface area contributed by atoms with Crippen LogP contribution in [0.1, 0.15) is 18.9 Å². The van der Waals surface area contributed by atoms with Crippen LogP contribution in [0, 0.1) is 0 Å². The average Bonchev–Trinajstić information content (AvgIpc) is 2.34. The molecule has 0 aliphatic rings. The first kappa shape index (κ1) is 13.1. The number of Topliss-reactive ketones (excluding diaryl/α,β-unsaturated/α-hetero) is 2. The highest BCUT2D eigenvalue weighted by atomic mass is 16.2. The van der Waals surface area contributed by atoms with E-state index in [-0.39, 0.29) is 0 Å². The van der Waals surface area contributed by atoms with Gasteiger partial charge in [0.05, 0.1) is 0 Å². The van der Waals surface area contributed by atoms with Crippen LogP contribution >= 0.6 is 0 Å². The van der Waals surface area contributed by atoms with Crippen molar-refractivity contribution < 1.29 is 9.59 Å². The SMILES string of the molecule is C=C/C=C(/CCc1ccccc1)C(=O)C(C)=O. The maximum atomic E-state index is 11.6. The topological polar surface area (TPSA) is 34.1 Å². The number of carbonyl (C=O) groups is 2. The van der Waals surface area contributed by atoms with Crippen molar-refractivity contribution in [2.75, 3.05) is 0 Å². The monoisotopic (exact) mass is 228 g/mol. The second-order valence-corrected chi connectivity index (χ2v) is 3.80. The van der Waals surface area contributed by atoms with Crippen molar-refractivity contribution in [2.24, 2.45) is 0 Å². The molecular formula is C15H16O2. The molecule has 0 fully saturated rings. The molecule has 2 nitrogen and oxygen atoms in total. The van der Waals surface area contributed by atoms with E-state index in [0.717, 1.165) is 12.0 Å². The molecule has 88 valence electrons. The first-order valence-corrected chi connectivity index (χ1v) is 5.56. The fraction of sp³-hybridized carbons (Fsp3) is 0.200. The van der Waals surface area contributed by atoms with Crippen molar-refractivity contribution in [3.05, 3.63) is 60.2 Å². The number of allylic oxidation sites excluding steroid dienone is 3. The Morgan fingerprint density at radius 2 is 1.88 bits per heavy atom. The van der Waals surface area contributed by atoms with Gasteiger partial charge in [-0.05, 0) is 18.4 Å². The van der Waals surface area contributed by atoms with Crippen molar-refractivity contribution in [1.82, 2.24) is 0 Å². The Morgan fingerprint density at radius 1 is 1.24 bits per heavy atom. The van der Waals surface area contributed by atoms with E-state index in [1.165, 1.54) is 6.92 Å². The molecule has 2 heteroatoms. The Balaban J connectivity index is 2.70. The molecule has 1 aromatic rings. The van der Waals surface area contributed by atoms with E-state index >= 15 is 0 Å². The van der Waals surface area contributed by atoms with E-state index in [2.05, 4.69) is 6.58 Å². The van der Waals surface area contributed by atoms with Gasteiger partial charge in [-0.2, -0.15) is 0 Å². The maximum absolute atomic E-state index is 11.6. The van der Waals surface area contributed by atoms with Crippen molar-refractivity contribution in [3.8, 4) is 0 Å². The predicted octanol–water partition coefficient (Wildman–Crippen LogP) is 2.89. The highest BCUT2D eigenvalue weighted by molar-refractivity contribution is 6.42. The number of rotatable bonds is 6. The average molecular weight is 228 g/mol. The summed E-state index contributed by atoms with van der Waals surface area (Å²) in [5, 5.41) is 0. The summed E-state index contributed by atoms with van der Waals surface area (Å²) in [4.78, 5) is 22.6. The van der Waals surface area contributed by atoms with Crippen LogP contribution < -0.4 is 0 Å². The lowest BCUT2D eigenvalue weighted by atomic mass is 9.99. The van der Waals surface area contributed by atoms with Gasteiger partial charge in [0.1, 0.15) is 0 Å². The van der Waals surface area contributed by atoms with E-state index < -0.39 is 11.6 Å². The Hall–Kier alpha value is -1.96. The Bertz CT molecular complexity index is 441. The summed E-state index contributed by atoms with van der Waals surface area (Å²) in [6.45, 7) is 4.85. The van der Waals surface area contributed by atoms with Crippen molar-refractivity contribution >= 4 is 11.6 Å². The molecule has 0 aromatic heterocycles. The van der Waals surface area contributed by atoms with Gasteiger partial charge >= 0.3 is 0 Å². The number of hydrogen-bond donors (Lipinski definition) is 0. The van der Waals surface area contributed by atoms with Gasteiger partial charge in [0, 0.05) is 12.5 Å². The molecule has 1 aromatic carbocycles. The zero-order valence-electron chi connectivity index (χ0n) is 9.98. The van der Waals surface area contributed by atoms with Gasteiger partial charge in [-0.15, -0.1) is 0 Å². The second kappa shape index (κ2) is 6.59. The predicted molar refractivity (Wildman–Crippen MR) is 68.7 cm³/mol. The summed E-state index contributed by atoms with van der Waals surface area (Å²) in [7, 11) is 0. The lowest BCUT2D eigenvalue weighted by molar-refractivity contribution is -0.133. The minimum absolute atomic E-state index is 0.416. The minimum Gasteiger partial charge on any atom is -0.291 e.